The summed E-state index contributed by atoms with van der Waals surface area (Å²) in [7, 11) is 3.18. The molecule has 0 aliphatic rings. The Morgan fingerprint density at radius 1 is 1.31 bits per heavy atom. The number of benzene rings is 1. The second-order valence-corrected chi connectivity index (χ2v) is 4.74. The predicted octanol–water partition coefficient (Wildman–Crippen LogP) is 2.35. The Bertz CT molecular complexity index is 391. The SMILES string of the molecule is CNC(=O)c1cc(C(C)(C)C)ccc1OC. The molecule has 0 aliphatic heterocycles. The summed E-state index contributed by atoms with van der Waals surface area (Å²) < 4.78 is 5.18. The van der Waals surface area contributed by atoms with Gasteiger partial charge in [0.15, 0.2) is 0 Å². The van der Waals surface area contributed by atoms with Gasteiger partial charge in [0, 0.05) is 7.05 Å². The molecule has 1 rings (SSSR count). The fraction of sp³-hybridized carbons (Fsp3) is 0.462. The molecule has 0 unspecified atom stereocenters. The van der Waals surface area contributed by atoms with Crippen LogP contribution >= 0.6 is 0 Å². The topological polar surface area (TPSA) is 38.3 Å². The molecule has 88 valence electrons. The molecule has 1 amide bonds. The lowest BCUT2D eigenvalue weighted by molar-refractivity contribution is 0.0960. The van der Waals surface area contributed by atoms with Crippen LogP contribution in [0.5, 0.6) is 5.75 Å². The Labute approximate surface area is 96.8 Å². The Morgan fingerprint density at radius 3 is 2.38 bits per heavy atom. The van der Waals surface area contributed by atoms with Crippen LogP contribution < -0.4 is 10.1 Å². The normalized spacial score (nSPS) is 11.1. The van der Waals surface area contributed by atoms with Crippen molar-refractivity contribution in [3.05, 3.63) is 29.3 Å². The van der Waals surface area contributed by atoms with Gasteiger partial charge < -0.3 is 10.1 Å². The van der Waals surface area contributed by atoms with Crippen LogP contribution in [0.4, 0.5) is 0 Å². The maximum atomic E-state index is 11.7. The zero-order valence-corrected chi connectivity index (χ0v) is 10.5. The van der Waals surface area contributed by atoms with Gasteiger partial charge in [0.2, 0.25) is 0 Å². The van der Waals surface area contributed by atoms with Gasteiger partial charge in [0.1, 0.15) is 5.75 Å². The van der Waals surface area contributed by atoms with Crippen molar-refractivity contribution in [2.45, 2.75) is 26.2 Å². The minimum absolute atomic E-state index is 0.0229. The van der Waals surface area contributed by atoms with Crippen LogP contribution in [-0.4, -0.2) is 20.1 Å². The first-order chi connectivity index (χ1) is 7.40. The number of rotatable bonds is 2. The minimum atomic E-state index is -0.122. The number of carbonyl (C=O) groups is 1. The van der Waals surface area contributed by atoms with E-state index in [1.54, 1.807) is 14.2 Å². The number of amides is 1. The number of hydrogen-bond acceptors (Lipinski definition) is 2. The largest absolute Gasteiger partial charge is 0.496 e. The number of carbonyl (C=O) groups excluding carboxylic acids is 1. The fourth-order valence-electron chi connectivity index (χ4n) is 1.49. The molecule has 0 atom stereocenters. The van der Waals surface area contributed by atoms with E-state index >= 15 is 0 Å². The standard InChI is InChI=1S/C13H19NO2/c1-13(2,3)9-6-7-11(16-5)10(8-9)12(15)14-4/h6-8H,1-5H3,(H,14,15). The summed E-state index contributed by atoms with van der Waals surface area (Å²) in [4.78, 5) is 11.7. The highest BCUT2D eigenvalue weighted by molar-refractivity contribution is 5.97. The third-order valence-electron chi connectivity index (χ3n) is 2.54. The maximum Gasteiger partial charge on any atom is 0.254 e. The van der Waals surface area contributed by atoms with Crippen molar-refractivity contribution in [2.75, 3.05) is 14.2 Å². The molecular weight excluding hydrogens is 202 g/mol. The molecule has 1 aromatic carbocycles. The molecular formula is C13H19NO2. The maximum absolute atomic E-state index is 11.7. The van der Waals surface area contributed by atoms with Crippen molar-refractivity contribution >= 4 is 5.91 Å². The Balaban J connectivity index is 3.27. The average Bonchev–Trinajstić information content (AvgIpc) is 2.25. The average molecular weight is 221 g/mol. The van der Waals surface area contributed by atoms with Crippen molar-refractivity contribution in [1.82, 2.24) is 5.32 Å². The predicted molar refractivity (Wildman–Crippen MR) is 65.1 cm³/mol. The van der Waals surface area contributed by atoms with Gasteiger partial charge in [-0.15, -0.1) is 0 Å². The second kappa shape index (κ2) is 4.56. The zero-order chi connectivity index (χ0) is 12.3. The summed E-state index contributed by atoms with van der Waals surface area (Å²) in [5, 5.41) is 2.62. The van der Waals surface area contributed by atoms with Gasteiger partial charge in [-0.2, -0.15) is 0 Å². The lowest BCUT2D eigenvalue weighted by Crippen LogP contribution is -2.20. The molecule has 1 aromatic rings. The quantitative estimate of drug-likeness (QED) is 0.832. The summed E-state index contributed by atoms with van der Waals surface area (Å²) in [6.45, 7) is 6.34. The first-order valence-electron chi connectivity index (χ1n) is 5.30. The highest BCUT2D eigenvalue weighted by atomic mass is 16.5. The molecule has 0 bridgehead atoms. The van der Waals surface area contributed by atoms with Crippen LogP contribution in [0.3, 0.4) is 0 Å². The van der Waals surface area contributed by atoms with E-state index in [9.17, 15) is 4.79 Å². The lowest BCUT2D eigenvalue weighted by atomic mass is 9.86. The molecule has 0 radical (unpaired) electrons. The van der Waals surface area contributed by atoms with E-state index in [4.69, 9.17) is 4.74 Å². The molecule has 0 saturated carbocycles. The Hall–Kier alpha value is -1.51. The summed E-state index contributed by atoms with van der Waals surface area (Å²) >= 11 is 0. The molecule has 1 N–H and O–H groups in total. The van der Waals surface area contributed by atoms with Gasteiger partial charge in [-0.3, -0.25) is 4.79 Å². The van der Waals surface area contributed by atoms with Crippen molar-refractivity contribution in [2.24, 2.45) is 0 Å². The van der Waals surface area contributed by atoms with Crippen molar-refractivity contribution < 1.29 is 9.53 Å². The molecule has 3 heteroatoms. The van der Waals surface area contributed by atoms with E-state index in [0.29, 0.717) is 11.3 Å². The molecule has 16 heavy (non-hydrogen) atoms. The van der Waals surface area contributed by atoms with Gasteiger partial charge in [-0.25, -0.2) is 0 Å². The van der Waals surface area contributed by atoms with E-state index in [2.05, 4.69) is 26.1 Å². The van der Waals surface area contributed by atoms with E-state index in [0.717, 1.165) is 5.56 Å². The van der Waals surface area contributed by atoms with Gasteiger partial charge in [0.25, 0.3) is 5.91 Å². The van der Waals surface area contributed by atoms with E-state index in [1.807, 2.05) is 18.2 Å². The lowest BCUT2D eigenvalue weighted by Gasteiger charge is -2.20. The van der Waals surface area contributed by atoms with Crippen molar-refractivity contribution in [3.63, 3.8) is 0 Å². The van der Waals surface area contributed by atoms with Crippen LogP contribution in [0.2, 0.25) is 0 Å². The van der Waals surface area contributed by atoms with Crippen molar-refractivity contribution in [3.8, 4) is 5.75 Å². The monoisotopic (exact) mass is 221 g/mol. The smallest absolute Gasteiger partial charge is 0.254 e. The third-order valence-corrected chi connectivity index (χ3v) is 2.54. The third kappa shape index (κ3) is 2.54. The second-order valence-electron chi connectivity index (χ2n) is 4.74. The Kier molecular flexibility index (Phi) is 3.58. The highest BCUT2D eigenvalue weighted by Gasteiger charge is 2.18. The van der Waals surface area contributed by atoms with Crippen LogP contribution in [-0.2, 0) is 5.41 Å². The zero-order valence-electron chi connectivity index (χ0n) is 10.5. The molecule has 0 aliphatic carbocycles. The van der Waals surface area contributed by atoms with Crippen LogP contribution in [0.15, 0.2) is 18.2 Å². The van der Waals surface area contributed by atoms with E-state index in [-0.39, 0.29) is 11.3 Å². The summed E-state index contributed by atoms with van der Waals surface area (Å²) in [6.07, 6.45) is 0. The summed E-state index contributed by atoms with van der Waals surface area (Å²) in [5.74, 6) is 0.482. The molecule has 0 fully saturated rings. The number of nitrogens with one attached hydrogen (secondary N) is 1. The Morgan fingerprint density at radius 2 is 1.94 bits per heavy atom. The van der Waals surface area contributed by atoms with Crippen molar-refractivity contribution in [1.29, 1.82) is 0 Å². The van der Waals surface area contributed by atoms with Crippen LogP contribution in [0.1, 0.15) is 36.7 Å². The van der Waals surface area contributed by atoms with Crippen LogP contribution in [0, 0.1) is 0 Å². The minimum Gasteiger partial charge on any atom is -0.496 e. The van der Waals surface area contributed by atoms with Gasteiger partial charge in [0.05, 0.1) is 12.7 Å². The summed E-state index contributed by atoms with van der Waals surface area (Å²) in [6, 6.07) is 5.72. The van der Waals surface area contributed by atoms with E-state index in [1.165, 1.54) is 0 Å². The van der Waals surface area contributed by atoms with E-state index < -0.39 is 0 Å². The van der Waals surface area contributed by atoms with Gasteiger partial charge >= 0.3 is 0 Å². The molecule has 0 aromatic heterocycles. The first-order valence-corrected chi connectivity index (χ1v) is 5.30. The number of methoxy groups -OCH3 is 1. The summed E-state index contributed by atoms with van der Waals surface area (Å²) in [5.41, 5.74) is 1.72. The molecule has 0 spiro atoms. The van der Waals surface area contributed by atoms with Gasteiger partial charge in [-0.05, 0) is 23.1 Å². The molecule has 3 nitrogen and oxygen atoms in total. The number of ether oxygens (including phenoxy) is 1. The van der Waals surface area contributed by atoms with Gasteiger partial charge in [-0.1, -0.05) is 26.8 Å². The molecule has 0 saturated heterocycles. The fourth-order valence-corrected chi connectivity index (χ4v) is 1.49. The molecule has 0 heterocycles. The number of hydrogen-bond donors (Lipinski definition) is 1. The highest BCUT2D eigenvalue weighted by Crippen LogP contribution is 2.27. The van der Waals surface area contributed by atoms with Crippen LogP contribution in [0.25, 0.3) is 0 Å². The first kappa shape index (κ1) is 12.6.